The van der Waals surface area contributed by atoms with Crippen molar-refractivity contribution in [2.24, 2.45) is 5.73 Å². The van der Waals surface area contributed by atoms with Crippen LogP contribution in [0.15, 0.2) is 47.8 Å². The lowest BCUT2D eigenvalue weighted by molar-refractivity contribution is -0.119. The van der Waals surface area contributed by atoms with Crippen molar-refractivity contribution in [2.45, 2.75) is 12.5 Å². The highest BCUT2D eigenvalue weighted by atomic mass is 32.1. The van der Waals surface area contributed by atoms with Crippen LogP contribution in [0.4, 0.5) is 0 Å². The Balaban J connectivity index is 2.04. The third-order valence-electron chi connectivity index (χ3n) is 2.42. The molecule has 0 amide bonds. The summed E-state index contributed by atoms with van der Waals surface area (Å²) >= 11 is 1.52. The first-order chi connectivity index (χ1) is 7.77. The number of Topliss-reactive ketones (excluding diaryl/α,β-unsaturated/α-hetero) is 1. The van der Waals surface area contributed by atoms with Crippen molar-refractivity contribution in [1.82, 2.24) is 0 Å². The summed E-state index contributed by atoms with van der Waals surface area (Å²) in [6.45, 7) is 0. The molecule has 0 aliphatic heterocycles. The minimum absolute atomic E-state index is 0.0636. The average molecular weight is 231 g/mol. The lowest BCUT2D eigenvalue weighted by atomic mass is 10.0. The minimum atomic E-state index is -0.486. The normalized spacial score (nSPS) is 12.3. The second kappa shape index (κ2) is 5.05. The zero-order valence-corrected chi connectivity index (χ0v) is 9.61. The predicted molar refractivity (Wildman–Crippen MR) is 66.4 cm³/mol. The maximum Gasteiger partial charge on any atom is 0.159 e. The van der Waals surface area contributed by atoms with Crippen molar-refractivity contribution in [2.75, 3.05) is 0 Å². The van der Waals surface area contributed by atoms with Crippen LogP contribution in [0.1, 0.15) is 16.5 Å². The van der Waals surface area contributed by atoms with E-state index in [0.29, 0.717) is 6.42 Å². The van der Waals surface area contributed by atoms with Gasteiger partial charge < -0.3 is 5.73 Å². The standard InChI is InChI=1S/C13H13NOS/c14-13(12-7-4-8-16-12)11(15)9-10-5-2-1-3-6-10/h1-8,13H,9,14H2. The summed E-state index contributed by atoms with van der Waals surface area (Å²) in [4.78, 5) is 12.8. The highest BCUT2D eigenvalue weighted by molar-refractivity contribution is 7.10. The average Bonchev–Trinajstić information content (AvgIpc) is 2.83. The van der Waals surface area contributed by atoms with E-state index in [1.807, 2.05) is 47.8 Å². The Morgan fingerprint density at radius 3 is 2.56 bits per heavy atom. The maximum atomic E-state index is 11.9. The van der Waals surface area contributed by atoms with E-state index < -0.39 is 6.04 Å². The first-order valence-corrected chi connectivity index (χ1v) is 6.01. The summed E-state index contributed by atoms with van der Waals surface area (Å²) < 4.78 is 0. The zero-order valence-electron chi connectivity index (χ0n) is 8.80. The maximum absolute atomic E-state index is 11.9. The van der Waals surface area contributed by atoms with E-state index in [-0.39, 0.29) is 5.78 Å². The van der Waals surface area contributed by atoms with Crippen LogP contribution in [0.5, 0.6) is 0 Å². The lowest BCUT2D eigenvalue weighted by Gasteiger charge is -2.08. The predicted octanol–water partition coefficient (Wildman–Crippen LogP) is 2.56. The third kappa shape index (κ3) is 2.56. The molecule has 3 heteroatoms. The highest BCUT2D eigenvalue weighted by Crippen LogP contribution is 2.18. The van der Waals surface area contributed by atoms with Crippen molar-refractivity contribution in [3.63, 3.8) is 0 Å². The van der Waals surface area contributed by atoms with Crippen molar-refractivity contribution < 1.29 is 4.79 Å². The molecule has 0 fully saturated rings. The van der Waals surface area contributed by atoms with Crippen LogP contribution in [0.25, 0.3) is 0 Å². The molecule has 1 aromatic heterocycles. The minimum Gasteiger partial charge on any atom is -0.317 e. The fourth-order valence-electron chi connectivity index (χ4n) is 1.53. The molecule has 0 bridgehead atoms. The van der Waals surface area contributed by atoms with E-state index in [1.54, 1.807) is 0 Å². The van der Waals surface area contributed by atoms with Gasteiger partial charge in [0.2, 0.25) is 0 Å². The smallest absolute Gasteiger partial charge is 0.159 e. The molecule has 2 aromatic rings. The van der Waals surface area contributed by atoms with Gasteiger partial charge in [-0.3, -0.25) is 4.79 Å². The molecule has 1 aromatic carbocycles. The monoisotopic (exact) mass is 231 g/mol. The second-order valence-corrected chi connectivity index (χ2v) is 4.60. The Labute approximate surface area is 98.7 Å². The summed E-state index contributed by atoms with van der Waals surface area (Å²) in [5, 5.41) is 1.94. The van der Waals surface area contributed by atoms with E-state index in [4.69, 9.17) is 5.73 Å². The molecule has 82 valence electrons. The number of benzene rings is 1. The number of thiophene rings is 1. The highest BCUT2D eigenvalue weighted by Gasteiger charge is 2.16. The molecule has 1 unspecified atom stereocenters. The summed E-state index contributed by atoms with van der Waals surface area (Å²) in [5.74, 6) is 0.0636. The first kappa shape index (κ1) is 11.0. The van der Waals surface area contributed by atoms with Crippen molar-refractivity contribution in [3.8, 4) is 0 Å². The van der Waals surface area contributed by atoms with E-state index in [9.17, 15) is 4.79 Å². The molecular formula is C13H13NOS. The van der Waals surface area contributed by atoms with Crippen LogP contribution in [0, 0.1) is 0 Å². The number of hydrogen-bond acceptors (Lipinski definition) is 3. The van der Waals surface area contributed by atoms with Crippen LogP contribution >= 0.6 is 11.3 Å². The molecule has 0 aliphatic carbocycles. The van der Waals surface area contributed by atoms with Gasteiger partial charge in [-0.15, -0.1) is 11.3 Å². The zero-order chi connectivity index (χ0) is 11.4. The van der Waals surface area contributed by atoms with Gasteiger partial charge in [0.15, 0.2) is 5.78 Å². The molecule has 0 spiro atoms. The number of carbonyl (C=O) groups excluding carboxylic acids is 1. The van der Waals surface area contributed by atoms with Gasteiger partial charge in [0.05, 0.1) is 6.04 Å². The van der Waals surface area contributed by atoms with Crippen LogP contribution in [-0.2, 0) is 11.2 Å². The third-order valence-corrected chi connectivity index (χ3v) is 3.37. The van der Waals surface area contributed by atoms with Gasteiger partial charge in [-0.25, -0.2) is 0 Å². The SMILES string of the molecule is NC(C(=O)Cc1ccccc1)c1cccs1. The van der Waals surface area contributed by atoms with Gasteiger partial charge >= 0.3 is 0 Å². The molecule has 1 heterocycles. The number of nitrogens with two attached hydrogens (primary N) is 1. The molecule has 0 aliphatic rings. The fraction of sp³-hybridized carbons (Fsp3) is 0.154. The Kier molecular flexibility index (Phi) is 3.49. The number of carbonyl (C=O) groups is 1. The number of rotatable bonds is 4. The summed E-state index contributed by atoms with van der Waals surface area (Å²) in [6.07, 6.45) is 0.403. The molecule has 2 rings (SSSR count). The molecule has 2 N–H and O–H groups in total. The van der Waals surface area contributed by atoms with Crippen LogP contribution in [0.2, 0.25) is 0 Å². The molecule has 0 radical (unpaired) electrons. The van der Waals surface area contributed by atoms with Gasteiger partial charge in [0.25, 0.3) is 0 Å². The van der Waals surface area contributed by atoms with Crippen molar-refractivity contribution in [3.05, 3.63) is 58.3 Å². The van der Waals surface area contributed by atoms with Crippen LogP contribution in [0.3, 0.4) is 0 Å². The van der Waals surface area contributed by atoms with E-state index in [1.165, 1.54) is 11.3 Å². The van der Waals surface area contributed by atoms with Gasteiger partial charge in [0.1, 0.15) is 0 Å². The van der Waals surface area contributed by atoms with Gasteiger partial charge in [0, 0.05) is 11.3 Å². The largest absolute Gasteiger partial charge is 0.317 e. The van der Waals surface area contributed by atoms with Crippen molar-refractivity contribution >= 4 is 17.1 Å². The Morgan fingerprint density at radius 1 is 1.19 bits per heavy atom. The van der Waals surface area contributed by atoms with Crippen LogP contribution in [-0.4, -0.2) is 5.78 Å². The number of hydrogen-bond donors (Lipinski definition) is 1. The molecular weight excluding hydrogens is 218 g/mol. The van der Waals surface area contributed by atoms with Gasteiger partial charge in [-0.2, -0.15) is 0 Å². The molecule has 16 heavy (non-hydrogen) atoms. The molecule has 1 atom stereocenters. The quantitative estimate of drug-likeness (QED) is 0.878. The van der Waals surface area contributed by atoms with E-state index in [2.05, 4.69) is 0 Å². The molecule has 0 saturated heterocycles. The molecule has 0 saturated carbocycles. The van der Waals surface area contributed by atoms with E-state index >= 15 is 0 Å². The first-order valence-electron chi connectivity index (χ1n) is 5.13. The summed E-state index contributed by atoms with van der Waals surface area (Å²) in [6, 6.07) is 13.0. The van der Waals surface area contributed by atoms with Gasteiger partial charge in [-0.1, -0.05) is 36.4 Å². The topological polar surface area (TPSA) is 43.1 Å². The summed E-state index contributed by atoms with van der Waals surface area (Å²) in [5.41, 5.74) is 6.91. The Hall–Kier alpha value is -1.45. The second-order valence-electron chi connectivity index (χ2n) is 3.62. The number of ketones is 1. The van der Waals surface area contributed by atoms with E-state index in [0.717, 1.165) is 10.4 Å². The van der Waals surface area contributed by atoms with Crippen LogP contribution < -0.4 is 5.73 Å². The summed E-state index contributed by atoms with van der Waals surface area (Å²) in [7, 11) is 0. The lowest BCUT2D eigenvalue weighted by Crippen LogP contribution is -2.22. The Bertz CT molecular complexity index is 450. The fourth-order valence-corrected chi connectivity index (χ4v) is 2.28. The molecule has 2 nitrogen and oxygen atoms in total. The van der Waals surface area contributed by atoms with Gasteiger partial charge in [-0.05, 0) is 17.0 Å². The van der Waals surface area contributed by atoms with Crippen molar-refractivity contribution in [1.29, 1.82) is 0 Å². The Morgan fingerprint density at radius 2 is 1.94 bits per heavy atom.